The highest BCUT2D eigenvalue weighted by Gasteiger charge is 2.07. The van der Waals surface area contributed by atoms with Crippen molar-refractivity contribution < 1.29 is 9.13 Å². The van der Waals surface area contributed by atoms with Crippen LogP contribution in [0, 0.1) is 5.82 Å². The maximum atomic E-state index is 13.4. The summed E-state index contributed by atoms with van der Waals surface area (Å²) < 4.78 is 18.9. The van der Waals surface area contributed by atoms with Gasteiger partial charge in [-0.15, -0.1) is 0 Å². The summed E-state index contributed by atoms with van der Waals surface area (Å²) in [4.78, 5) is 0. The number of methoxy groups -OCH3 is 1. The molecule has 3 nitrogen and oxygen atoms in total. The van der Waals surface area contributed by atoms with Gasteiger partial charge in [-0.1, -0.05) is 6.07 Å². The summed E-state index contributed by atoms with van der Waals surface area (Å²) in [5, 5.41) is 6.04. The lowest BCUT2D eigenvalue weighted by molar-refractivity contribution is 0.204. The van der Waals surface area contributed by atoms with Crippen LogP contribution in [0.2, 0.25) is 0 Å². The molecule has 0 atom stereocenters. The second-order valence-electron chi connectivity index (χ2n) is 2.97. The molecule has 0 saturated heterocycles. The van der Waals surface area contributed by atoms with E-state index in [-0.39, 0.29) is 5.82 Å². The smallest absolute Gasteiger partial charge is 0.170 e. The SMILES string of the molecule is COCCNC(=S)Nc1c(F)cccc1Br. The van der Waals surface area contributed by atoms with Crippen molar-refractivity contribution in [1.82, 2.24) is 5.32 Å². The molecule has 1 aromatic rings. The summed E-state index contributed by atoms with van der Waals surface area (Å²) in [7, 11) is 1.60. The second kappa shape index (κ2) is 6.78. The number of halogens is 2. The number of hydrogen-bond acceptors (Lipinski definition) is 2. The molecular weight excluding hydrogens is 295 g/mol. The molecular formula is C10H12BrFN2OS. The third-order valence-electron chi connectivity index (χ3n) is 1.79. The number of para-hydroxylation sites is 1. The molecule has 6 heteroatoms. The van der Waals surface area contributed by atoms with Crippen LogP contribution in [0.4, 0.5) is 10.1 Å². The van der Waals surface area contributed by atoms with Crippen molar-refractivity contribution in [3.05, 3.63) is 28.5 Å². The van der Waals surface area contributed by atoms with Gasteiger partial charge in [0.05, 0.1) is 12.3 Å². The molecule has 0 aliphatic heterocycles. The highest BCUT2D eigenvalue weighted by Crippen LogP contribution is 2.24. The van der Waals surface area contributed by atoms with Crippen molar-refractivity contribution in [2.75, 3.05) is 25.6 Å². The Labute approximate surface area is 107 Å². The van der Waals surface area contributed by atoms with E-state index in [0.29, 0.717) is 28.4 Å². The summed E-state index contributed by atoms with van der Waals surface area (Å²) >= 11 is 8.25. The summed E-state index contributed by atoms with van der Waals surface area (Å²) in [5.74, 6) is -0.356. The molecule has 0 amide bonds. The van der Waals surface area contributed by atoms with E-state index < -0.39 is 0 Å². The first-order valence-corrected chi connectivity index (χ1v) is 5.83. The Morgan fingerprint density at radius 1 is 1.56 bits per heavy atom. The number of thiocarbonyl (C=S) groups is 1. The summed E-state index contributed by atoms with van der Waals surface area (Å²) in [6.07, 6.45) is 0. The average molecular weight is 307 g/mol. The standard InChI is InChI=1S/C10H12BrFN2OS/c1-15-6-5-13-10(16)14-9-7(11)3-2-4-8(9)12/h2-4H,5-6H2,1H3,(H2,13,14,16). The van der Waals surface area contributed by atoms with Gasteiger partial charge in [-0.25, -0.2) is 4.39 Å². The molecule has 0 fully saturated rings. The van der Waals surface area contributed by atoms with E-state index in [9.17, 15) is 4.39 Å². The minimum absolute atomic E-state index is 0.331. The van der Waals surface area contributed by atoms with Crippen molar-refractivity contribution in [2.45, 2.75) is 0 Å². The van der Waals surface area contributed by atoms with Gasteiger partial charge in [0, 0.05) is 18.1 Å². The van der Waals surface area contributed by atoms with Gasteiger partial charge in [-0.3, -0.25) is 0 Å². The Morgan fingerprint density at radius 2 is 2.31 bits per heavy atom. The van der Waals surface area contributed by atoms with E-state index >= 15 is 0 Å². The molecule has 0 aliphatic carbocycles. The van der Waals surface area contributed by atoms with Gasteiger partial charge in [0.1, 0.15) is 5.82 Å². The molecule has 0 spiro atoms. The Balaban J connectivity index is 2.56. The fourth-order valence-corrected chi connectivity index (χ4v) is 1.69. The Bertz CT molecular complexity index is 356. The molecule has 0 radical (unpaired) electrons. The summed E-state index contributed by atoms with van der Waals surface area (Å²) in [6.45, 7) is 1.12. The number of hydrogen-bond donors (Lipinski definition) is 2. The topological polar surface area (TPSA) is 33.3 Å². The van der Waals surface area contributed by atoms with Crippen LogP contribution in [0.15, 0.2) is 22.7 Å². The first-order valence-electron chi connectivity index (χ1n) is 4.63. The molecule has 2 N–H and O–H groups in total. The zero-order valence-electron chi connectivity index (χ0n) is 8.72. The molecule has 88 valence electrons. The summed E-state index contributed by atoms with van der Waals surface area (Å²) in [6, 6.07) is 4.72. The van der Waals surface area contributed by atoms with Crippen LogP contribution in [0.1, 0.15) is 0 Å². The van der Waals surface area contributed by atoms with Crippen molar-refractivity contribution in [2.24, 2.45) is 0 Å². The molecule has 0 aromatic heterocycles. The molecule has 1 aromatic carbocycles. The molecule has 1 rings (SSSR count). The number of rotatable bonds is 4. The lowest BCUT2D eigenvalue weighted by atomic mass is 10.3. The maximum absolute atomic E-state index is 13.4. The number of benzene rings is 1. The van der Waals surface area contributed by atoms with Crippen LogP contribution in [0.5, 0.6) is 0 Å². The normalized spacial score (nSPS) is 9.94. The van der Waals surface area contributed by atoms with Gasteiger partial charge in [-0.05, 0) is 40.3 Å². The first kappa shape index (κ1) is 13.3. The van der Waals surface area contributed by atoms with Crippen LogP contribution < -0.4 is 10.6 Å². The number of ether oxygens (including phenoxy) is 1. The average Bonchev–Trinajstić information content (AvgIpc) is 2.24. The molecule has 0 saturated carbocycles. The number of nitrogens with one attached hydrogen (secondary N) is 2. The highest BCUT2D eigenvalue weighted by molar-refractivity contribution is 9.10. The van der Waals surface area contributed by atoms with Crippen LogP contribution in [-0.2, 0) is 4.74 Å². The zero-order valence-corrected chi connectivity index (χ0v) is 11.1. The quantitative estimate of drug-likeness (QED) is 0.661. The van der Waals surface area contributed by atoms with Gasteiger partial charge in [-0.2, -0.15) is 0 Å². The van der Waals surface area contributed by atoms with Gasteiger partial charge in [0.25, 0.3) is 0 Å². The molecule has 0 bridgehead atoms. The number of anilines is 1. The van der Waals surface area contributed by atoms with Crippen LogP contribution in [-0.4, -0.2) is 25.4 Å². The Hall–Kier alpha value is -0.720. The highest BCUT2D eigenvalue weighted by atomic mass is 79.9. The van der Waals surface area contributed by atoms with E-state index in [4.69, 9.17) is 17.0 Å². The van der Waals surface area contributed by atoms with E-state index in [1.165, 1.54) is 6.07 Å². The van der Waals surface area contributed by atoms with Gasteiger partial charge < -0.3 is 15.4 Å². The Kier molecular flexibility index (Phi) is 5.65. The summed E-state index contributed by atoms with van der Waals surface area (Å²) in [5.41, 5.74) is 0.331. The molecule has 0 aliphatic rings. The largest absolute Gasteiger partial charge is 0.383 e. The second-order valence-corrected chi connectivity index (χ2v) is 4.23. The molecule has 0 heterocycles. The van der Waals surface area contributed by atoms with Gasteiger partial charge >= 0.3 is 0 Å². The van der Waals surface area contributed by atoms with Gasteiger partial charge in [0.2, 0.25) is 0 Å². The predicted octanol–water partition coefficient (Wildman–Crippen LogP) is 2.52. The lowest BCUT2D eigenvalue weighted by Gasteiger charge is -2.12. The lowest BCUT2D eigenvalue weighted by Crippen LogP contribution is -2.31. The van der Waals surface area contributed by atoms with Crippen LogP contribution in [0.3, 0.4) is 0 Å². The first-order chi connectivity index (χ1) is 7.65. The zero-order chi connectivity index (χ0) is 12.0. The van der Waals surface area contributed by atoms with Gasteiger partial charge in [0.15, 0.2) is 5.11 Å². The minimum Gasteiger partial charge on any atom is -0.383 e. The van der Waals surface area contributed by atoms with Crippen molar-refractivity contribution in [3.8, 4) is 0 Å². The van der Waals surface area contributed by atoms with Crippen molar-refractivity contribution >= 4 is 38.9 Å². The van der Waals surface area contributed by atoms with E-state index in [2.05, 4.69) is 26.6 Å². The Morgan fingerprint density at radius 3 is 2.94 bits per heavy atom. The monoisotopic (exact) mass is 306 g/mol. The maximum Gasteiger partial charge on any atom is 0.170 e. The third kappa shape index (κ3) is 4.03. The van der Waals surface area contributed by atoms with Crippen LogP contribution >= 0.6 is 28.1 Å². The van der Waals surface area contributed by atoms with E-state index in [1.807, 2.05) is 0 Å². The third-order valence-corrected chi connectivity index (χ3v) is 2.70. The molecule has 0 unspecified atom stereocenters. The van der Waals surface area contributed by atoms with Crippen molar-refractivity contribution in [3.63, 3.8) is 0 Å². The minimum atomic E-state index is -0.356. The van der Waals surface area contributed by atoms with E-state index in [1.54, 1.807) is 19.2 Å². The van der Waals surface area contributed by atoms with Crippen LogP contribution in [0.25, 0.3) is 0 Å². The fourth-order valence-electron chi connectivity index (χ4n) is 1.04. The van der Waals surface area contributed by atoms with E-state index in [0.717, 1.165) is 0 Å². The molecule has 16 heavy (non-hydrogen) atoms. The predicted molar refractivity (Wildman–Crippen MR) is 70.2 cm³/mol. The fraction of sp³-hybridized carbons (Fsp3) is 0.300. The van der Waals surface area contributed by atoms with Crippen molar-refractivity contribution in [1.29, 1.82) is 0 Å².